The highest BCUT2D eigenvalue weighted by molar-refractivity contribution is 5.45. The van der Waals surface area contributed by atoms with Crippen molar-refractivity contribution in [2.75, 3.05) is 26.4 Å². The van der Waals surface area contributed by atoms with Crippen LogP contribution in [0.25, 0.3) is 0 Å². The molecule has 2 atom stereocenters. The SMILES string of the molecule is CCCCOCCOC(C)OCC1Oc2ccc(CCC)cc2O1. The minimum atomic E-state index is -0.413. The van der Waals surface area contributed by atoms with Crippen LogP contribution in [0.5, 0.6) is 11.5 Å². The lowest BCUT2D eigenvalue weighted by molar-refractivity contribution is -0.166. The largest absolute Gasteiger partial charge is 0.448 e. The van der Waals surface area contributed by atoms with Crippen LogP contribution in [0.15, 0.2) is 18.2 Å². The number of hydrogen-bond donors (Lipinski definition) is 0. The lowest BCUT2D eigenvalue weighted by Gasteiger charge is -2.16. The normalized spacial score (nSPS) is 17.2. The van der Waals surface area contributed by atoms with Crippen molar-refractivity contribution in [2.24, 2.45) is 0 Å². The molecule has 5 nitrogen and oxygen atoms in total. The molecule has 1 heterocycles. The molecule has 0 amide bonds. The first-order chi connectivity index (χ1) is 11.7. The molecule has 0 fully saturated rings. The van der Waals surface area contributed by atoms with E-state index in [-0.39, 0.29) is 6.29 Å². The predicted octanol–water partition coefficient (Wildman–Crippen LogP) is 3.93. The Labute approximate surface area is 145 Å². The molecule has 1 aliphatic rings. The monoisotopic (exact) mass is 338 g/mol. The summed E-state index contributed by atoms with van der Waals surface area (Å²) in [5.74, 6) is 1.58. The first-order valence-electron chi connectivity index (χ1n) is 9.00. The molecule has 0 spiro atoms. The summed E-state index contributed by atoms with van der Waals surface area (Å²) in [6, 6.07) is 6.10. The van der Waals surface area contributed by atoms with E-state index in [0.29, 0.717) is 19.8 Å². The smallest absolute Gasteiger partial charge is 0.264 e. The molecule has 0 N–H and O–H groups in total. The Morgan fingerprint density at radius 2 is 1.83 bits per heavy atom. The Bertz CT molecular complexity index is 477. The molecule has 0 aromatic heterocycles. The number of aryl methyl sites for hydroxylation is 1. The van der Waals surface area contributed by atoms with Crippen molar-refractivity contribution in [3.8, 4) is 11.5 Å². The van der Waals surface area contributed by atoms with Gasteiger partial charge in [-0.2, -0.15) is 0 Å². The highest BCUT2D eigenvalue weighted by Gasteiger charge is 2.25. The molecule has 136 valence electrons. The summed E-state index contributed by atoms with van der Waals surface area (Å²) in [5.41, 5.74) is 1.26. The molecular weight excluding hydrogens is 308 g/mol. The van der Waals surface area contributed by atoms with Crippen LogP contribution in [0.3, 0.4) is 0 Å². The maximum absolute atomic E-state index is 5.79. The summed E-state index contributed by atoms with van der Waals surface area (Å²) in [4.78, 5) is 0. The van der Waals surface area contributed by atoms with Gasteiger partial charge in [-0.05, 0) is 37.5 Å². The Morgan fingerprint density at radius 1 is 1.00 bits per heavy atom. The zero-order chi connectivity index (χ0) is 17.2. The summed E-state index contributed by atoms with van der Waals surface area (Å²) >= 11 is 0. The van der Waals surface area contributed by atoms with Gasteiger partial charge in [0, 0.05) is 6.61 Å². The number of hydrogen-bond acceptors (Lipinski definition) is 5. The van der Waals surface area contributed by atoms with E-state index in [2.05, 4.69) is 19.9 Å². The Hall–Kier alpha value is -1.30. The Kier molecular flexibility index (Phi) is 8.36. The zero-order valence-corrected chi connectivity index (χ0v) is 15.1. The average molecular weight is 338 g/mol. The summed E-state index contributed by atoms with van der Waals surface area (Å²) in [6.45, 7) is 8.41. The molecule has 1 aliphatic heterocycles. The van der Waals surface area contributed by atoms with Crippen molar-refractivity contribution in [2.45, 2.75) is 59.0 Å². The van der Waals surface area contributed by atoms with Crippen LogP contribution in [0.2, 0.25) is 0 Å². The summed E-state index contributed by atoms with van der Waals surface area (Å²) in [6.07, 6.45) is 3.66. The van der Waals surface area contributed by atoms with Gasteiger partial charge in [-0.3, -0.25) is 0 Å². The van der Waals surface area contributed by atoms with Crippen molar-refractivity contribution >= 4 is 0 Å². The first kappa shape index (κ1) is 19.0. The van der Waals surface area contributed by atoms with Crippen molar-refractivity contribution in [1.29, 1.82) is 0 Å². The molecule has 0 aliphatic carbocycles. The predicted molar refractivity (Wildman–Crippen MR) is 92.6 cm³/mol. The van der Waals surface area contributed by atoms with E-state index < -0.39 is 6.29 Å². The van der Waals surface area contributed by atoms with Crippen LogP contribution < -0.4 is 9.47 Å². The van der Waals surface area contributed by atoms with Gasteiger partial charge < -0.3 is 23.7 Å². The van der Waals surface area contributed by atoms with Gasteiger partial charge >= 0.3 is 0 Å². The second kappa shape index (κ2) is 10.5. The molecule has 0 saturated heterocycles. The highest BCUT2D eigenvalue weighted by atomic mass is 16.7. The fourth-order valence-electron chi connectivity index (χ4n) is 2.45. The van der Waals surface area contributed by atoms with E-state index in [1.54, 1.807) is 0 Å². The maximum Gasteiger partial charge on any atom is 0.264 e. The first-order valence-corrected chi connectivity index (χ1v) is 9.00. The lowest BCUT2D eigenvalue weighted by atomic mass is 10.1. The molecule has 0 radical (unpaired) electrons. The Morgan fingerprint density at radius 3 is 2.62 bits per heavy atom. The second-order valence-corrected chi connectivity index (χ2v) is 5.93. The molecule has 0 saturated carbocycles. The van der Waals surface area contributed by atoms with Gasteiger partial charge in [0.2, 0.25) is 0 Å². The zero-order valence-electron chi connectivity index (χ0n) is 15.1. The number of benzene rings is 1. The van der Waals surface area contributed by atoms with E-state index in [0.717, 1.165) is 43.8 Å². The van der Waals surface area contributed by atoms with E-state index >= 15 is 0 Å². The molecular formula is C19H30O5. The third-order valence-electron chi connectivity index (χ3n) is 3.75. The van der Waals surface area contributed by atoms with E-state index in [1.807, 2.05) is 19.1 Å². The van der Waals surface area contributed by atoms with Gasteiger partial charge in [-0.15, -0.1) is 0 Å². The molecule has 2 rings (SSSR count). The van der Waals surface area contributed by atoms with Gasteiger partial charge in [-0.25, -0.2) is 0 Å². The molecule has 1 aromatic carbocycles. The van der Waals surface area contributed by atoms with Gasteiger partial charge in [0.25, 0.3) is 6.29 Å². The maximum atomic E-state index is 5.79. The lowest BCUT2D eigenvalue weighted by Crippen LogP contribution is -2.28. The van der Waals surface area contributed by atoms with Crippen LogP contribution in [-0.4, -0.2) is 39.0 Å². The third-order valence-corrected chi connectivity index (χ3v) is 3.75. The van der Waals surface area contributed by atoms with Crippen LogP contribution in [0.4, 0.5) is 0 Å². The summed E-state index contributed by atoms with van der Waals surface area (Å²) in [7, 11) is 0. The van der Waals surface area contributed by atoms with E-state index in [1.165, 1.54) is 5.56 Å². The van der Waals surface area contributed by atoms with Crippen molar-refractivity contribution in [3.05, 3.63) is 23.8 Å². The van der Waals surface area contributed by atoms with Crippen LogP contribution >= 0.6 is 0 Å². The van der Waals surface area contributed by atoms with E-state index in [4.69, 9.17) is 23.7 Å². The summed E-state index contributed by atoms with van der Waals surface area (Å²) < 4.78 is 28.2. The number of fused-ring (bicyclic) bond motifs is 1. The van der Waals surface area contributed by atoms with Gasteiger partial charge in [0.15, 0.2) is 17.8 Å². The quantitative estimate of drug-likeness (QED) is 0.427. The second-order valence-electron chi connectivity index (χ2n) is 5.93. The molecule has 5 heteroatoms. The molecule has 24 heavy (non-hydrogen) atoms. The van der Waals surface area contributed by atoms with Crippen molar-refractivity contribution in [3.63, 3.8) is 0 Å². The van der Waals surface area contributed by atoms with Gasteiger partial charge in [0.1, 0.15) is 6.61 Å². The van der Waals surface area contributed by atoms with Crippen LogP contribution in [-0.2, 0) is 20.6 Å². The third kappa shape index (κ3) is 6.30. The van der Waals surface area contributed by atoms with E-state index in [9.17, 15) is 0 Å². The van der Waals surface area contributed by atoms with Crippen LogP contribution in [0.1, 0.15) is 45.6 Å². The molecule has 2 unspecified atom stereocenters. The highest BCUT2D eigenvalue weighted by Crippen LogP contribution is 2.35. The topological polar surface area (TPSA) is 46.2 Å². The van der Waals surface area contributed by atoms with Crippen molar-refractivity contribution < 1.29 is 23.7 Å². The summed E-state index contributed by atoms with van der Waals surface area (Å²) in [5, 5.41) is 0. The van der Waals surface area contributed by atoms with Gasteiger partial charge in [-0.1, -0.05) is 32.8 Å². The number of ether oxygens (including phenoxy) is 5. The standard InChI is InChI=1S/C19H30O5/c1-4-6-10-20-11-12-21-15(3)22-14-19-23-17-9-8-16(7-5-2)13-18(17)24-19/h8-9,13,15,19H,4-7,10-12,14H2,1-3H3. The molecule has 0 bridgehead atoms. The van der Waals surface area contributed by atoms with Crippen LogP contribution in [0, 0.1) is 0 Å². The fourth-order valence-corrected chi connectivity index (χ4v) is 2.45. The number of unbranched alkanes of at least 4 members (excludes halogenated alkanes) is 1. The van der Waals surface area contributed by atoms with Crippen molar-refractivity contribution in [1.82, 2.24) is 0 Å². The fraction of sp³-hybridized carbons (Fsp3) is 0.684. The number of rotatable bonds is 12. The molecule has 1 aromatic rings. The Balaban J connectivity index is 1.61. The minimum Gasteiger partial charge on any atom is -0.448 e. The average Bonchev–Trinajstić information content (AvgIpc) is 2.98. The van der Waals surface area contributed by atoms with Gasteiger partial charge in [0.05, 0.1) is 13.2 Å². The minimum absolute atomic E-state index is 0.314.